The summed E-state index contributed by atoms with van der Waals surface area (Å²) in [6.45, 7) is 1.83. The van der Waals surface area contributed by atoms with E-state index in [0.717, 1.165) is 17.3 Å². The number of hydrogen-bond donors (Lipinski definition) is 2. The van der Waals surface area contributed by atoms with Crippen molar-refractivity contribution in [3.05, 3.63) is 12.0 Å². The second-order valence-electron chi connectivity index (χ2n) is 2.18. The van der Waals surface area contributed by atoms with Crippen LogP contribution in [0.25, 0.3) is 0 Å². The van der Waals surface area contributed by atoms with Crippen LogP contribution in [0.1, 0.15) is 5.82 Å². The Balaban J connectivity index is 2.53. The van der Waals surface area contributed by atoms with Gasteiger partial charge in [-0.15, -0.1) is 0 Å². The number of hydrazine groups is 1. The molecule has 1 aliphatic heterocycles. The van der Waals surface area contributed by atoms with Crippen LogP contribution in [-0.2, 0) is 0 Å². The average Bonchev–Trinajstić information content (AvgIpc) is 2.04. The third-order valence-electron chi connectivity index (χ3n) is 1.35. The Morgan fingerprint density at radius 1 is 1.45 bits per heavy atom. The monoisotopic (exact) mass is 149 g/mol. The lowest BCUT2D eigenvalue weighted by atomic mass is 10.4. The van der Waals surface area contributed by atoms with Crippen molar-refractivity contribution in [3.63, 3.8) is 0 Å². The Bertz CT molecular complexity index is 306. The van der Waals surface area contributed by atoms with E-state index in [1.165, 1.54) is 0 Å². The molecule has 0 fully saturated rings. The number of anilines is 1. The molecular weight excluding hydrogens is 142 g/mol. The van der Waals surface area contributed by atoms with Gasteiger partial charge >= 0.3 is 0 Å². The summed E-state index contributed by atoms with van der Waals surface area (Å²) in [5, 5.41) is 0. The first kappa shape index (κ1) is 6.09. The first-order valence-electron chi connectivity index (χ1n) is 3.24. The molecule has 0 saturated carbocycles. The summed E-state index contributed by atoms with van der Waals surface area (Å²) in [6.07, 6.45) is 3.24. The molecule has 0 unspecified atom stereocenters. The van der Waals surface area contributed by atoms with Gasteiger partial charge in [0, 0.05) is 0 Å². The van der Waals surface area contributed by atoms with Crippen LogP contribution in [0.3, 0.4) is 0 Å². The highest BCUT2D eigenvalue weighted by molar-refractivity contribution is 5.73. The minimum absolute atomic E-state index is 0.722. The number of aromatic nitrogens is 2. The van der Waals surface area contributed by atoms with Crippen LogP contribution in [0.2, 0.25) is 0 Å². The summed E-state index contributed by atoms with van der Waals surface area (Å²) in [6, 6.07) is 0. The smallest absolute Gasteiger partial charge is 0.174 e. The number of rotatable bonds is 0. The average molecular weight is 149 g/mol. The van der Waals surface area contributed by atoms with Crippen LogP contribution in [0, 0.1) is 6.92 Å². The standard InChI is InChI=1S/C6H7N5/c1-4-7-2-5-6(10-4)11-9-3-8-5/h2-3H,1H3,(H,8,9)(H,7,10,11). The van der Waals surface area contributed by atoms with E-state index in [-0.39, 0.29) is 0 Å². The van der Waals surface area contributed by atoms with Crippen LogP contribution in [-0.4, -0.2) is 16.3 Å². The highest BCUT2D eigenvalue weighted by atomic mass is 15.4. The highest BCUT2D eigenvalue weighted by Gasteiger charge is 2.05. The van der Waals surface area contributed by atoms with Crippen molar-refractivity contribution in [2.75, 3.05) is 5.43 Å². The fourth-order valence-corrected chi connectivity index (χ4v) is 0.853. The fourth-order valence-electron chi connectivity index (χ4n) is 0.853. The summed E-state index contributed by atoms with van der Waals surface area (Å²) < 4.78 is 0. The van der Waals surface area contributed by atoms with Gasteiger partial charge in [-0.1, -0.05) is 0 Å². The Kier molecular flexibility index (Phi) is 1.21. The number of nitrogens with one attached hydrogen (secondary N) is 2. The SMILES string of the molecule is Cc1ncc2c(n1)NNC=N2. The van der Waals surface area contributed by atoms with Gasteiger partial charge in [0.2, 0.25) is 0 Å². The van der Waals surface area contributed by atoms with Gasteiger partial charge in [0.1, 0.15) is 17.9 Å². The quantitative estimate of drug-likeness (QED) is 0.559. The first-order chi connectivity index (χ1) is 5.36. The van der Waals surface area contributed by atoms with Gasteiger partial charge in [-0.2, -0.15) is 0 Å². The van der Waals surface area contributed by atoms with Gasteiger partial charge in [0.15, 0.2) is 5.82 Å². The molecule has 0 bridgehead atoms. The maximum atomic E-state index is 4.12. The third kappa shape index (κ3) is 1.000. The van der Waals surface area contributed by atoms with E-state index in [9.17, 15) is 0 Å². The molecule has 56 valence electrons. The Hall–Kier alpha value is -1.65. The van der Waals surface area contributed by atoms with Gasteiger partial charge in [0.25, 0.3) is 0 Å². The molecular formula is C6H7N5. The first-order valence-corrected chi connectivity index (χ1v) is 3.24. The van der Waals surface area contributed by atoms with Gasteiger partial charge in [-0.25, -0.2) is 15.0 Å². The lowest BCUT2D eigenvalue weighted by Crippen LogP contribution is -2.23. The lowest BCUT2D eigenvalue weighted by Gasteiger charge is -2.11. The van der Waals surface area contributed by atoms with Crippen molar-refractivity contribution in [2.45, 2.75) is 6.92 Å². The van der Waals surface area contributed by atoms with Gasteiger partial charge in [-0.05, 0) is 6.92 Å². The number of fused-ring (bicyclic) bond motifs is 1. The number of nitrogens with zero attached hydrogens (tertiary/aromatic N) is 3. The molecule has 0 saturated heterocycles. The Labute approximate surface area is 63.6 Å². The summed E-state index contributed by atoms with van der Waals surface area (Å²) in [5.41, 5.74) is 6.35. The minimum atomic E-state index is 0.722. The second-order valence-corrected chi connectivity index (χ2v) is 2.18. The molecule has 0 atom stereocenters. The summed E-state index contributed by atoms with van der Waals surface area (Å²) in [7, 11) is 0. The molecule has 2 rings (SSSR count). The lowest BCUT2D eigenvalue weighted by molar-refractivity contribution is 0.997. The van der Waals surface area contributed by atoms with Crippen LogP contribution >= 0.6 is 0 Å². The zero-order chi connectivity index (χ0) is 7.68. The van der Waals surface area contributed by atoms with Crippen LogP contribution in [0.5, 0.6) is 0 Å². The molecule has 0 spiro atoms. The molecule has 0 aliphatic carbocycles. The number of aryl methyl sites for hydroxylation is 1. The van der Waals surface area contributed by atoms with E-state index in [1.807, 2.05) is 6.92 Å². The summed E-state index contributed by atoms with van der Waals surface area (Å²) in [4.78, 5) is 12.1. The van der Waals surface area contributed by atoms with Crippen LogP contribution in [0.4, 0.5) is 11.5 Å². The van der Waals surface area contributed by atoms with E-state index >= 15 is 0 Å². The molecule has 0 amide bonds. The molecule has 0 aromatic carbocycles. The van der Waals surface area contributed by atoms with E-state index in [4.69, 9.17) is 0 Å². The van der Waals surface area contributed by atoms with Gasteiger partial charge in [0.05, 0.1) is 6.20 Å². The second kappa shape index (κ2) is 2.19. The van der Waals surface area contributed by atoms with Crippen molar-refractivity contribution < 1.29 is 0 Å². The van der Waals surface area contributed by atoms with Gasteiger partial charge in [-0.3, -0.25) is 10.9 Å². The van der Waals surface area contributed by atoms with Crippen molar-refractivity contribution in [1.29, 1.82) is 0 Å². The molecule has 11 heavy (non-hydrogen) atoms. The summed E-state index contributed by atoms with van der Waals surface area (Å²) >= 11 is 0. The highest BCUT2D eigenvalue weighted by Crippen LogP contribution is 2.21. The molecule has 1 aliphatic rings. The van der Waals surface area contributed by atoms with Crippen LogP contribution < -0.4 is 10.9 Å². The van der Waals surface area contributed by atoms with E-state index in [2.05, 4.69) is 25.8 Å². The number of aliphatic imine (C=N–C) groups is 1. The third-order valence-corrected chi connectivity index (χ3v) is 1.35. The minimum Gasteiger partial charge on any atom is -0.289 e. The molecule has 5 nitrogen and oxygen atoms in total. The molecule has 0 radical (unpaired) electrons. The Morgan fingerprint density at radius 2 is 2.36 bits per heavy atom. The predicted octanol–water partition coefficient (Wildman–Crippen LogP) is 0.375. The van der Waals surface area contributed by atoms with Crippen LogP contribution in [0.15, 0.2) is 11.2 Å². The zero-order valence-corrected chi connectivity index (χ0v) is 6.00. The maximum Gasteiger partial charge on any atom is 0.174 e. The fraction of sp³-hybridized carbons (Fsp3) is 0.167. The number of hydrogen-bond acceptors (Lipinski definition) is 5. The maximum absolute atomic E-state index is 4.12. The molecule has 2 N–H and O–H groups in total. The van der Waals surface area contributed by atoms with Crippen molar-refractivity contribution >= 4 is 17.8 Å². The normalized spacial score (nSPS) is 13.2. The molecule has 1 aromatic rings. The summed E-state index contributed by atoms with van der Waals surface area (Å²) in [5.74, 6) is 1.45. The van der Waals surface area contributed by atoms with E-state index < -0.39 is 0 Å². The van der Waals surface area contributed by atoms with Crippen molar-refractivity contribution in [3.8, 4) is 0 Å². The largest absolute Gasteiger partial charge is 0.289 e. The predicted molar refractivity (Wildman–Crippen MR) is 41.7 cm³/mol. The van der Waals surface area contributed by atoms with Crippen molar-refractivity contribution in [1.82, 2.24) is 15.4 Å². The molecule has 5 heteroatoms. The van der Waals surface area contributed by atoms with E-state index in [0.29, 0.717) is 0 Å². The van der Waals surface area contributed by atoms with Crippen molar-refractivity contribution in [2.24, 2.45) is 4.99 Å². The Morgan fingerprint density at radius 3 is 3.27 bits per heavy atom. The molecule has 1 aromatic heterocycles. The van der Waals surface area contributed by atoms with E-state index in [1.54, 1.807) is 12.5 Å². The zero-order valence-electron chi connectivity index (χ0n) is 6.00. The topological polar surface area (TPSA) is 62.2 Å². The van der Waals surface area contributed by atoms with Gasteiger partial charge < -0.3 is 0 Å². The molecule has 2 heterocycles.